The zero-order valence-electron chi connectivity index (χ0n) is 7.95. The van der Waals surface area contributed by atoms with Crippen LogP contribution in [-0.2, 0) is 16.0 Å². The highest BCUT2D eigenvalue weighted by atomic mass is 35.5. The summed E-state index contributed by atoms with van der Waals surface area (Å²) in [6.07, 6.45) is 0.0401. The van der Waals surface area contributed by atoms with E-state index in [2.05, 4.69) is 17.4 Å². The van der Waals surface area contributed by atoms with E-state index >= 15 is 0 Å². The number of halogens is 1. The number of hydrogen-bond donors (Lipinski definition) is 1. The van der Waals surface area contributed by atoms with Gasteiger partial charge in [0.05, 0.1) is 30.2 Å². The number of carbonyl (C=O) groups excluding carboxylic acids is 1. The number of thiol groups is 1. The number of esters is 1. The van der Waals surface area contributed by atoms with E-state index in [9.17, 15) is 4.79 Å². The maximum absolute atomic E-state index is 11.1. The number of nitrogens with zero attached hydrogens (tertiary/aromatic N) is 1. The number of benzene rings is 1. The number of hydrogen-bond acceptors (Lipinski definition) is 4. The molecule has 0 N–H and O–H groups in total. The minimum Gasteiger partial charge on any atom is -0.469 e. The highest BCUT2D eigenvalue weighted by Crippen LogP contribution is 2.26. The van der Waals surface area contributed by atoms with Crippen molar-refractivity contribution in [1.82, 2.24) is 0 Å². The molecule has 3 nitrogen and oxygen atoms in total. The monoisotopic (exact) mass is 241 g/mol. The lowest BCUT2D eigenvalue weighted by molar-refractivity contribution is -0.139. The van der Waals surface area contributed by atoms with Crippen molar-refractivity contribution < 1.29 is 9.53 Å². The number of ether oxygens (including phenoxy) is 1. The average Bonchev–Trinajstić information content (AvgIpc) is 2.24. The lowest BCUT2D eigenvalue weighted by Gasteiger charge is -2.05. The second-order valence-corrected chi connectivity index (χ2v) is 3.69. The summed E-state index contributed by atoms with van der Waals surface area (Å²) in [7, 11) is 1.30. The van der Waals surface area contributed by atoms with Crippen molar-refractivity contribution in [2.24, 2.45) is 0 Å². The highest BCUT2D eigenvalue weighted by molar-refractivity contribution is 7.80. The first-order chi connectivity index (χ1) is 7.08. The van der Waals surface area contributed by atoms with Crippen LogP contribution in [0.5, 0.6) is 0 Å². The Morgan fingerprint density at radius 3 is 2.87 bits per heavy atom. The van der Waals surface area contributed by atoms with Crippen LogP contribution in [0.1, 0.15) is 11.1 Å². The van der Waals surface area contributed by atoms with E-state index < -0.39 is 5.97 Å². The van der Waals surface area contributed by atoms with E-state index in [1.54, 1.807) is 12.1 Å². The fourth-order valence-corrected chi connectivity index (χ4v) is 1.55. The average molecular weight is 242 g/mol. The summed E-state index contributed by atoms with van der Waals surface area (Å²) in [4.78, 5) is 11.5. The van der Waals surface area contributed by atoms with E-state index in [-0.39, 0.29) is 6.42 Å². The largest absolute Gasteiger partial charge is 0.469 e. The Balaban J connectivity index is 3.12. The van der Waals surface area contributed by atoms with Crippen molar-refractivity contribution in [3.05, 3.63) is 28.3 Å². The molecule has 0 aliphatic carbocycles. The summed E-state index contributed by atoms with van der Waals surface area (Å²) >= 11 is 10.0. The third-order valence-corrected chi connectivity index (χ3v) is 2.75. The smallest absolute Gasteiger partial charge is 0.310 e. The SMILES string of the molecule is COC(=O)Cc1cc(C#N)cc(S)c1Cl. The molecule has 0 saturated heterocycles. The minimum atomic E-state index is -0.403. The quantitative estimate of drug-likeness (QED) is 0.638. The van der Waals surface area contributed by atoms with Crippen LogP contribution in [0.25, 0.3) is 0 Å². The van der Waals surface area contributed by atoms with Gasteiger partial charge in [-0.1, -0.05) is 11.6 Å². The van der Waals surface area contributed by atoms with Gasteiger partial charge in [0.2, 0.25) is 0 Å². The molecule has 1 aromatic rings. The molecule has 0 unspecified atom stereocenters. The maximum atomic E-state index is 11.1. The van der Waals surface area contributed by atoms with Crippen LogP contribution in [0.2, 0.25) is 5.02 Å². The number of rotatable bonds is 2. The van der Waals surface area contributed by atoms with Gasteiger partial charge in [-0.25, -0.2) is 0 Å². The first-order valence-corrected chi connectivity index (χ1v) is 4.89. The van der Waals surface area contributed by atoms with Gasteiger partial charge in [-0.3, -0.25) is 4.79 Å². The summed E-state index contributed by atoms with van der Waals surface area (Å²) in [5, 5.41) is 9.10. The zero-order chi connectivity index (χ0) is 11.4. The number of nitriles is 1. The van der Waals surface area contributed by atoms with Crippen molar-refractivity contribution in [1.29, 1.82) is 5.26 Å². The number of methoxy groups -OCH3 is 1. The second kappa shape index (κ2) is 5.06. The van der Waals surface area contributed by atoms with Crippen molar-refractivity contribution in [2.75, 3.05) is 7.11 Å². The highest BCUT2D eigenvalue weighted by Gasteiger charge is 2.11. The fraction of sp³-hybridized carbons (Fsp3) is 0.200. The Morgan fingerprint density at radius 1 is 1.67 bits per heavy atom. The predicted octanol–water partition coefficient (Wildman–Crippen LogP) is 2.22. The van der Waals surface area contributed by atoms with Crippen molar-refractivity contribution in [3.8, 4) is 6.07 Å². The molecule has 0 aliphatic heterocycles. The van der Waals surface area contributed by atoms with E-state index in [4.69, 9.17) is 16.9 Å². The fourth-order valence-electron chi connectivity index (χ4n) is 1.09. The third-order valence-electron chi connectivity index (χ3n) is 1.82. The van der Waals surface area contributed by atoms with Gasteiger partial charge in [0, 0.05) is 4.90 Å². The molecule has 0 radical (unpaired) electrons. The first kappa shape index (κ1) is 11.9. The van der Waals surface area contributed by atoms with Gasteiger partial charge < -0.3 is 4.74 Å². The molecule has 1 rings (SSSR count). The van der Waals surface area contributed by atoms with Crippen LogP contribution in [0, 0.1) is 11.3 Å². The summed E-state index contributed by atoms with van der Waals surface area (Å²) in [6, 6.07) is 5.07. The molecule has 0 aliphatic rings. The van der Waals surface area contributed by atoms with Crippen molar-refractivity contribution in [2.45, 2.75) is 11.3 Å². The van der Waals surface area contributed by atoms with Gasteiger partial charge >= 0.3 is 5.97 Å². The Kier molecular flexibility index (Phi) is 4.01. The molecule has 5 heteroatoms. The van der Waals surface area contributed by atoms with E-state index in [0.29, 0.717) is 21.0 Å². The topological polar surface area (TPSA) is 50.1 Å². The predicted molar refractivity (Wildman–Crippen MR) is 59.1 cm³/mol. The van der Waals surface area contributed by atoms with Gasteiger partial charge in [0.15, 0.2) is 0 Å². The first-order valence-electron chi connectivity index (χ1n) is 4.06. The third kappa shape index (κ3) is 2.88. The number of carbonyl (C=O) groups is 1. The summed E-state index contributed by atoms with van der Waals surface area (Å²) in [6.45, 7) is 0. The van der Waals surface area contributed by atoms with Gasteiger partial charge in [-0.05, 0) is 17.7 Å². The molecule has 15 heavy (non-hydrogen) atoms. The summed E-state index contributed by atoms with van der Waals surface area (Å²) in [5.74, 6) is -0.403. The lowest BCUT2D eigenvalue weighted by Crippen LogP contribution is -2.05. The molecule has 0 spiro atoms. The zero-order valence-corrected chi connectivity index (χ0v) is 9.60. The normalized spacial score (nSPS) is 9.47. The van der Waals surface area contributed by atoms with Gasteiger partial charge in [-0.15, -0.1) is 12.6 Å². The minimum absolute atomic E-state index is 0.0401. The molecule has 0 amide bonds. The molecular formula is C10H8ClNO2S. The molecule has 0 heterocycles. The Morgan fingerprint density at radius 2 is 2.33 bits per heavy atom. The molecule has 0 atom stereocenters. The Bertz CT molecular complexity index is 440. The van der Waals surface area contributed by atoms with E-state index in [0.717, 1.165) is 0 Å². The molecule has 0 fully saturated rings. The molecule has 0 bridgehead atoms. The summed E-state index contributed by atoms with van der Waals surface area (Å²) < 4.78 is 4.52. The molecule has 0 aromatic heterocycles. The van der Waals surface area contributed by atoms with Crippen molar-refractivity contribution >= 4 is 30.2 Å². The summed E-state index contributed by atoms with van der Waals surface area (Å²) in [5.41, 5.74) is 0.968. The Hall–Kier alpha value is -1.18. The second-order valence-electron chi connectivity index (χ2n) is 2.83. The standard InChI is InChI=1S/C10H8ClNO2S/c1-14-9(13)4-7-2-6(5-12)3-8(15)10(7)11/h2-3,15H,4H2,1H3. The van der Waals surface area contributed by atoms with Gasteiger partial charge in [-0.2, -0.15) is 5.26 Å². The maximum Gasteiger partial charge on any atom is 0.310 e. The van der Waals surface area contributed by atoms with Crippen LogP contribution in [-0.4, -0.2) is 13.1 Å². The molecule has 0 saturated carbocycles. The van der Waals surface area contributed by atoms with Gasteiger partial charge in [0.1, 0.15) is 0 Å². The van der Waals surface area contributed by atoms with Crippen LogP contribution in [0.4, 0.5) is 0 Å². The molecule has 1 aromatic carbocycles. The van der Waals surface area contributed by atoms with Crippen LogP contribution < -0.4 is 0 Å². The molecular weight excluding hydrogens is 234 g/mol. The van der Waals surface area contributed by atoms with E-state index in [1.807, 2.05) is 6.07 Å². The van der Waals surface area contributed by atoms with Crippen LogP contribution >= 0.6 is 24.2 Å². The van der Waals surface area contributed by atoms with Crippen molar-refractivity contribution in [3.63, 3.8) is 0 Å². The Labute approximate surface area is 98.0 Å². The van der Waals surface area contributed by atoms with Crippen LogP contribution in [0.15, 0.2) is 17.0 Å². The molecule has 78 valence electrons. The lowest BCUT2D eigenvalue weighted by atomic mass is 10.1. The van der Waals surface area contributed by atoms with Gasteiger partial charge in [0.25, 0.3) is 0 Å². The van der Waals surface area contributed by atoms with E-state index in [1.165, 1.54) is 7.11 Å². The van der Waals surface area contributed by atoms with Crippen LogP contribution in [0.3, 0.4) is 0 Å².